The number of carbonyl (C=O) groups excluding carboxylic acids is 2. The van der Waals surface area contributed by atoms with E-state index < -0.39 is 17.3 Å². The zero-order valence-electron chi connectivity index (χ0n) is 14.7. The molecule has 2 atom stereocenters. The number of carboxylic acid groups (broad SMARTS) is 1. The third kappa shape index (κ3) is 2.68. The number of primary amides is 1. The zero-order valence-corrected chi connectivity index (χ0v) is 14.7. The van der Waals surface area contributed by atoms with Gasteiger partial charge in [-0.25, -0.2) is 4.68 Å². The highest BCUT2D eigenvalue weighted by molar-refractivity contribution is 5.98. The van der Waals surface area contributed by atoms with Gasteiger partial charge in [-0.1, -0.05) is 24.6 Å². The zero-order chi connectivity index (χ0) is 19.2. The fourth-order valence-corrected chi connectivity index (χ4v) is 4.38. The maximum absolute atomic E-state index is 13.0. The molecule has 2 heterocycles. The minimum absolute atomic E-state index is 0.0363. The highest BCUT2D eigenvalue weighted by atomic mass is 16.4. The first-order valence-electron chi connectivity index (χ1n) is 8.90. The number of hydrogen-bond donors (Lipinski definition) is 2. The summed E-state index contributed by atoms with van der Waals surface area (Å²) < 4.78 is 1.35. The Hall–Kier alpha value is -3.16. The van der Waals surface area contributed by atoms with E-state index >= 15 is 0 Å². The average molecular weight is 368 g/mol. The number of likely N-dealkylation sites (tertiary alicyclic amines) is 1. The lowest BCUT2D eigenvalue weighted by atomic mass is 9.81. The van der Waals surface area contributed by atoms with E-state index in [-0.39, 0.29) is 29.8 Å². The lowest BCUT2D eigenvalue weighted by Gasteiger charge is -2.23. The maximum atomic E-state index is 13.0. The number of fused-ring (bicyclic) bond motifs is 1. The van der Waals surface area contributed by atoms with Crippen LogP contribution in [0.25, 0.3) is 5.69 Å². The van der Waals surface area contributed by atoms with Gasteiger partial charge in [0.15, 0.2) is 5.69 Å². The molecule has 0 radical (unpaired) electrons. The molecule has 2 aromatic rings. The van der Waals surface area contributed by atoms with Gasteiger partial charge in [0, 0.05) is 19.2 Å². The highest BCUT2D eigenvalue weighted by Crippen LogP contribution is 2.49. The Bertz CT molecular complexity index is 923. The summed E-state index contributed by atoms with van der Waals surface area (Å²) in [6.45, 7) is 0.575. The minimum atomic E-state index is -0.857. The topological polar surface area (TPSA) is 119 Å². The van der Waals surface area contributed by atoms with Crippen molar-refractivity contribution >= 4 is 17.8 Å². The summed E-state index contributed by atoms with van der Waals surface area (Å²) in [7, 11) is 0. The van der Waals surface area contributed by atoms with Gasteiger partial charge in [0.05, 0.1) is 11.1 Å². The van der Waals surface area contributed by atoms with Gasteiger partial charge in [0.1, 0.15) is 5.69 Å². The van der Waals surface area contributed by atoms with E-state index in [0.717, 1.165) is 12.8 Å². The maximum Gasteiger partial charge on any atom is 0.311 e. The molecule has 1 aliphatic heterocycles. The van der Waals surface area contributed by atoms with Crippen LogP contribution < -0.4 is 5.73 Å². The van der Waals surface area contributed by atoms with Crippen molar-refractivity contribution in [3.05, 3.63) is 47.8 Å². The Kier molecular flexibility index (Phi) is 3.98. The Balaban J connectivity index is 1.66. The van der Waals surface area contributed by atoms with E-state index in [9.17, 15) is 19.5 Å². The van der Waals surface area contributed by atoms with Crippen molar-refractivity contribution in [2.24, 2.45) is 17.1 Å². The number of rotatable bonds is 4. The van der Waals surface area contributed by atoms with Crippen LogP contribution in [0, 0.1) is 11.3 Å². The van der Waals surface area contributed by atoms with Crippen molar-refractivity contribution in [2.45, 2.75) is 19.3 Å². The largest absolute Gasteiger partial charge is 0.481 e. The second kappa shape index (κ2) is 6.22. The molecule has 8 nitrogen and oxygen atoms in total. The van der Waals surface area contributed by atoms with Gasteiger partial charge in [0.2, 0.25) is 0 Å². The summed E-state index contributed by atoms with van der Waals surface area (Å²) in [4.78, 5) is 38.1. The Morgan fingerprint density at radius 3 is 2.59 bits per heavy atom. The second-order valence-electron chi connectivity index (χ2n) is 7.26. The molecule has 1 aliphatic carbocycles. The fourth-order valence-electron chi connectivity index (χ4n) is 4.38. The van der Waals surface area contributed by atoms with Gasteiger partial charge in [-0.2, -0.15) is 5.10 Å². The summed E-state index contributed by atoms with van der Waals surface area (Å²) >= 11 is 0. The molecule has 1 saturated carbocycles. The standard InChI is InChI=1S/C19H20N4O4/c20-16(24)15-9-14(21-23(15)13-6-2-1-3-7-13)17(25)22-10-12-5-4-8-19(12,11-22)18(26)27/h1-3,6-7,9,12H,4-5,8,10-11H2,(H2,20,24)(H,26,27)/t12-,19+/m0/s1. The number of nitrogens with two attached hydrogens (primary N) is 1. The first-order valence-corrected chi connectivity index (χ1v) is 8.90. The number of nitrogens with zero attached hydrogens (tertiary/aromatic N) is 3. The molecular weight excluding hydrogens is 348 g/mol. The van der Waals surface area contributed by atoms with Crippen LogP contribution in [-0.4, -0.2) is 50.7 Å². The van der Waals surface area contributed by atoms with Crippen LogP contribution in [-0.2, 0) is 4.79 Å². The van der Waals surface area contributed by atoms with Crippen LogP contribution in [0.5, 0.6) is 0 Å². The monoisotopic (exact) mass is 368 g/mol. The van der Waals surface area contributed by atoms with Crippen molar-refractivity contribution in [1.29, 1.82) is 0 Å². The van der Waals surface area contributed by atoms with Gasteiger partial charge in [-0.3, -0.25) is 14.4 Å². The molecule has 0 spiro atoms. The molecule has 8 heteroatoms. The molecule has 27 heavy (non-hydrogen) atoms. The van der Waals surface area contributed by atoms with Crippen molar-refractivity contribution in [2.75, 3.05) is 13.1 Å². The third-order valence-corrected chi connectivity index (χ3v) is 5.77. The lowest BCUT2D eigenvalue weighted by Crippen LogP contribution is -2.37. The lowest BCUT2D eigenvalue weighted by molar-refractivity contribution is -0.149. The number of aromatic nitrogens is 2. The molecule has 2 amide bonds. The number of carbonyl (C=O) groups is 3. The van der Waals surface area contributed by atoms with Crippen LogP contribution in [0.1, 0.15) is 40.2 Å². The first kappa shape index (κ1) is 17.3. The van der Waals surface area contributed by atoms with Crippen LogP contribution in [0.15, 0.2) is 36.4 Å². The van der Waals surface area contributed by atoms with E-state index in [4.69, 9.17) is 5.73 Å². The molecule has 2 fully saturated rings. The Morgan fingerprint density at radius 2 is 1.96 bits per heavy atom. The van der Waals surface area contributed by atoms with Crippen LogP contribution in [0.4, 0.5) is 0 Å². The summed E-state index contributed by atoms with van der Waals surface area (Å²) in [6.07, 6.45) is 2.26. The third-order valence-electron chi connectivity index (χ3n) is 5.77. The van der Waals surface area contributed by atoms with Crippen molar-refractivity contribution < 1.29 is 19.5 Å². The van der Waals surface area contributed by atoms with E-state index in [1.54, 1.807) is 29.2 Å². The molecule has 1 aromatic heterocycles. The molecule has 2 aliphatic rings. The fraction of sp³-hybridized carbons (Fsp3) is 0.368. The summed E-state index contributed by atoms with van der Waals surface area (Å²) in [5, 5.41) is 14.0. The van der Waals surface area contributed by atoms with Crippen molar-refractivity contribution in [3.63, 3.8) is 0 Å². The van der Waals surface area contributed by atoms with E-state index in [0.29, 0.717) is 18.7 Å². The van der Waals surface area contributed by atoms with Crippen LogP contribution in [0.2, 0.25) is 0 Å². The molecule has 4 rings (SSSR count). The average Bonchev–Trinajstić information content (AvgIpc) is 3.34. The number of amides is 2. The predicted octanol–water partition coefficient (Wildman–Crippen LogP) is 1.30. The smallest absolute Gasteiger partial charge is 0.311 e. The van der Waals surface area contributed by atoms with Gasteiger partial charge in [-0.05, 0) is 30.9 Å². The number of para-hydroxylation sites is 1. The molecule has 0 bridgehead atoms. The number of carboxylic acids is 1. The predicted molar refractivity (Wildman–Crippen MR) is 95.4 cm³/mol. The van der Waals surface area contributed by atoms with Gasteiger partial charge in [0.25, 0.3) is 11.8 Å². The molecular formula is C19H20N4O4. The van der Waals surface area contributed by atoms with Crippen LogP contribution in [0.3, 0.4) is 0 Å². The first-order chi connectivity index (χ1) is 12.9. The highest BCUT2D eigenvalue weighted by Gasteiger charge is 2.56. The summed E-state index contributed by atoms with van der Waals surface area (Å²) in [5.74, 6) is -1.94. The number of benzene rings is 1. The van der Waals surface area contributed by atoms with Gasteiger partial charge >= 0.3 is 5.97 Å². The number of hydrogen-bond acceptors (Lipinski definition) is 4. The molecule has 3 N–H and O–H groups in total. The Morgan fingerprint density at radius 1 is 1.22 bits per heavy atom. The Labute approximate surface area is 155 Å². The summed E-state index contributed by atoms with van der Waals surface area (Å²) in [5.41, 5.74) is 5.41. The normalized spacial score (nSPS) is 24.0. The minimum Gasteiger partial charge on any atom is -0.481 e. The second-order valence-corrected chi connectivity index (χ2v) is 7.26. The summed E-state index contributed by atoms with van der Waals surface area (Å²) in [6, 6.07) is 10.3. The van der Waals surface area contributed by atoms with Gasteiger partial charge in [-0.15, -0.1) is 0 Å². The molecule has 0 unspecified atom stereocenters. The quantitative estimate of drug-likeness (QED) is 0.843. The van der Waals surface area contributed by atoms with E-state index in [2.05, 4.69) is 5.10 Å². The van der Waals surface area contributed by atoms with E-state index in [1.807, 2.05) is 6.07 Å². The van der Waals surface area contributed by atoms with Crippen molar-refractivity contribution in [3.8, 4) is 5.69 Å². The van der Waals surface area contributed by atoms with Crippen LogP contribution >= 0.6 is 0 Å². The van der Waals surface area contributed by atoms with Gasteiger partial charge < -0.3 is 15.7 Å². The molecule has 1 saturated heterocycles. The molecule has 1 aromatic carbocycles. The van der Waals surface area contributed by atoms with E-state index in [1.165, 1.54) is 10.7 Å². The van der Waals surface area contributed by atoms with Crippen molar-refractivity contribution in [1.82, 2.24) is 14.7 Å². The molecule has 140 valence electrons. The SMILES string of the molecule is NC(=O)c1cc(C(=O)N2C[C@@H]3CCC[C@@]3(C(=O)O)C2)nn1-c1ccccc1. The number of aliphatic carboxylic acids is 1.